The second-order valence-electron chi connectivity index (χ2n) is 6.21. The van der Waals surface area contributed by atoms with Crippen molar-refractivity contribution in [3.8, 4) is 0 Å². The lowest BCUT2D eigenvalue weighted by atomic mass is 9.85. The summed E-state index contributed by atoms with van der Waals surface area (Å²) in [6.07, 6.45) is 4.75. The van der Waals surface area contributed by atoms with Crippen LogP contribution in [0.3, 0.4) is 0 Å². The van der Waals surface area contributed by atoms with Gasteiger partial charge in [-0.05, 0) is 49.9 Å². The van der Waals surface area contributed by atoms with Gasteiger partial charge >= 0.3 is 0 Å². The molecule has 8 heteroatoms. The Balaban J connectivity index is 2.36. The summed E-state index contributed by atoms with van der Waals surface area (Å²) in [5.41, 5.74) is 6.27. The lowest BCUT2D eigenvalue weighted by Crippen LogP contribution is -2.44. The molecule has 0 unspecified atom stereocenters. The minimum atomic E-state index is -3.79. The number of benzene rings is 1. The summed E-state index contributed by atoms with van der Waals surface area (Å²) in [5.74, 6) is 0.122. The second-order valence-corrected chi connectivity index (χ2v) is 9.91. The molecule has 1 aliphatic carbocycles. The largest absolute Gasteiger partial charge is 0.330 e. The molecule has 0 aliphatic heterocycles. The molecule has 130 valence electrons. The van der Waals surface area contributed by atoms with Gasteiger partial charge in [0.25, 0.3) is 0 Å². The number of rotatable bonds is 5. The summed E-state index contributed by atoms with van der Waals surface area (Å²) >= 11 is 0. The number of sulfonamides is 1. The van der Waals surface area contributed by atoms with Gasteiger partial charge < -0.3 is 5.73 Å². The fraction of sp³-hybridized carbons (Fsp3) is 0.600. The van der Waals surface area contributed by atoms with Gasteiger partial charge in [-0.15, -0.1) is 0 Å². The van der Waals surface area contributed by atoms with E-state index in [1.54, 1.807) is 6.92 Å². The fourth-order valence-electron chi connectivity index (χ4n) is 3.01. The Morgan fingerprint density at radius 2 is 1.83 bits per heavy atom. The molecular formula is C15H24N2O4S2. The Hall–Kier alpha value is -0.960. The molecule has 0 aromatic heterocycles. The zero-order valence-electron chi connectivity index (χ0n) is 13.4. The van der Waals surface area contributed by atoms with E-state index in [-0.39, 0.29) is 21.8 Å². The molecule has 0 heterocycles. The first-order chi connectivity index (χ1) is 10.6. The average Bonchev–Trinajstić information content (AvgIpc) is 2.46. The normalized spacial score (nSPS) is 22.9. The molecule has 0 bridgehead atoms. The van der Waals surface area contributed by atoms with E-state index in [9.17, 15) is 16.8 Å². The van der Waals surface area contributed by atoms with Crippen molar-refractivity contribution >= 4 is 19.9 Å². The third-order valence-corrected chi connectivity index (χ3v) is 7.14. The maximum atomic E-state index is 12.7. The molecule has 1 aliphatic rings. The van der Waals surface area contributed by atoms with Gasteiger partial charge in [0.05, 0.1) is 9.79 Å². The predicted molar refractivity (Wildman–Crippen MR) is 89.4 cm³/mol. The molecule has 1 aromatic carbocycles. The van der Waals surface area contributed by atoms with Crippen molar-refractivity contribution in [1.29, 1.82) is 0 Å². The van der Waals surface area contributed by atoms with E-state index in [4.69, 9.17) is 5.73 Å². The zero-order chi connectivity index (χ0) is 17.3. The van der Waals surface area contributed by atoms with E-state index in [0.29, 0.717) is 12.1 Å². The van der Waals surface area contributed by atoms with Crippen LogP contribution in [0, 0.1) is 12.8 Å². The Kier molecular flexibility index (Phi) is 5.50. The maximum absolute atomic E-state index is 12.7. The summed E-state index contributed by atoms with van der Waals surface area (Å²) in [4.78, 5) is 0.0178. The fourth-order valence-corrected chi connectivity index (χ4v) is 5.34. The Bertz CT molecular complexity index is 773. The SMILES string of the molecule is Cc1ccc(S(C)(=O)=O)cc1S(=O)(=O)N[C@@H]1CCCC[C@@H]1CN. The number of hydrogen-bond donors (Lipinski definition) is 2. The summed E-state index contributed by atoms with van der Waals surface area (Å²) in [5, 5.41) is 0. The Morgan fingerprint density at radius 1 is 1.17 bits per heavy atom. The summed E-state index contributed by atoms with van der Waals surface area (Å²) < 4.78 is 51.5. The first kappa shape index (κ1) is 18.4. The van der Waals surface area contributed by atoms with Crippen molar-refractivity contribution in [2.45, 2.75) is 48.4 Å². The molecule has 1 fully saturated rings. The van der Waals surface area contributed by atoms with E-state index >= 15 is 0 Å². The van der Waals surface area contributed by atoms with Crippen molar-refractivity contribution in [2.24, 2.45) is 11.7 Å². The highest BCUT2D eigenvalue weighted by Crippen LogP contribution is 2.26. The number of nitrogens with one attached hydrogen (secondary N) is 1. The van der Waals surface area contributed by atoms with Gasteiger partial charge in [0.15, 0.2) is 9.84 Å². The van der Waals surface area contributed by atoms with Crippen LogP contribution in [-0.4, -0.2) is 35.7 Å². The molecule has 0 saturated heterocycles. The molecule has 6 nitrogen and oxygen atoms in total. The van der Waals surface area contributed by atoms with Gasteiger partial charge in [-0.1, -0.05) is 18.9 Å². The van der Waals surface area contributed by atoms with Crippen molar-refractivity contribution < 1.29 is 16.8 Å². The van der Waals surface area contributed by atoms with Crippen molar-refractivity contribution in [1.82, 2.24) is 4.72 Å². The van der Waals surface area contributed by atoms with Crippen LogP contribution in [0.1, 0.15) is 31.2 Å². The molecule has 2 atom stereocenters. The van der Waals surface area contributed by atoms with E-state index in [2.05, 4.69) is 4.72 Å². The third-order valence-electron chi connectivity index (χ3n) is 4.40. The summed E-state index contributed by atoms with van der Waals surface area (Å²) in [7, 11) is -7.25. The standard InChI is InChI=1S/C15H24N2O4S2/c1-11-7-8-13(22(2,18)19)9-15(11)23(20,21)17-14-6-4-3-5-12(14)10-16/h7-9,12,14,17H,3-6,10,16H2,1-2H3/t12-,14-/m1/s1. The molecule has 1 aromatic rings. The molecule has 0 amide bonds. The van der Waals surface area contributed by atoms with E-state index in [1.165, 1.54) is 18.2 Å². The van der Waals surface area contributed by atoms with Crippen LogP contribution in [0.15, 0.2) is 28.0 Å². The van der Waals surface area contributed by atoms with Crippen LogP contribution in [0.5, 0.6) is 0 Å². The van der Waals surface area contributed by atoms with Gasteiger partial charge in [-0.25, -0.2) is 21.6 Å². The average molecular weight is 361 g/mol. The zero-order valence-corrected chi connectivity index (χ0v) is 15.1. The Morgan fingerprint density at radius 3 is 2.43 bits per heavy atom. The minimum absolute atomic E-state index is 0.00231. The van der Waals surface area contributed by atoms with Crippen molar-refractivity contribution in [3.05, 3.63) is 23.8 Å². The highest BCUT2D eigenvalue weighted by molar-refractivity contribution is 7.91. The lowest BCUT2D eigenvalue weighted by Gasteiger charge is -2.31. The minimum Gasteiger partial charge on any atom is -0.330 e. The monoisotopic (exact) mass is 360 g/mol. The van der Waals surface area contributed by atoms with Crippen molar-refractivity contribution in [2.75, 3.05) is 12.8 Å². The second kappa shape index (κ2) is 6.88. The first-order valence-corrected chi connectivity index (χ1v) is 11.1. The highest BCUT2D eigenvalue weighted by atomic mass is 32.2. The highest BCUT2D eigenvalue weighted by Gasteiger charge is 2.29. The van der Waals surface area contributed by atoms with Gasteiger partial charge in [-0.3, -0.25) is 0 Å². The van der Waals surface area contributed by atoms with Crippen LogP contribution in [0.25, 0.3) is 0 Å². The molecule has 23 heavy (non-hydrogen) atoms. The topological polar surface area (TPSA) is 106 Å². The number of aryl methyl sites for hydroxylation is 1. The van der Waals surface area contributed by atoms with Crippen LogP contribution in [-0.2, 0) is 19.9 Å². The summed E-state index contributed by atoms with van der Waals surface area (Å²) in [6.45, 7) is 2.09. The van der Waals surface area contributed by atoms with Crippen LogP contribution in [0.2, 0.25) is 0 Å². The van der Waals surface area contributed by atoms with E-state index < -0.39 is 19.9 Å². The van der Waals surface area contributed by atoms with Crippen LogP contribution in [0.4, 0.5) is 0 Å². The van der Waals surface area contributed by atoms with Gasteiger partial charge in [0.2, 0.25) is 10.0 Å². The molecule has 0 radical (unpaired) electrons. The number of hydrogen-bond acceptors (Lipinski definition) is 5. The first-order valence-electron chi connectivity index (χ1n) is 7.68. The Labute approximate surface area is 138 Å². The quantitative estimate of drug-likeness (QED) is 0.820. The molecule has 3 N–H and O–H groups in total. The lowest BCUT2D eigenvalue weighted by molar-refractivity contribution is 0.296. The van der Waals surface area contributed by atoms with Gasteiger partial charge in [0.1, 0.15) is 0 Å². The van der Waals surface area contributed by atoms with E-state index in [0.717, 1.165) is 31.9 Å². The van der Waals surface area contributed by atoms with Crippen LogP contribution >= 0.6 is 0 Å². The summed E-state index contributed by atoms with van der Waals surface area (Å²) in [6, 6.07) is 3.98. The van der Waals surface area contributed by atoms with Crippen molar-refractivity contribution in [3.63, 3.8) is 0 Å². The maximum Gasteiger partial charge on any atom is 0.241 e. The van der Waals surface area contributed by atoms with E-state index in [1.807, 2.05) is 0 Å². The third kappa shape index (κ3) is 4.32. The predicted octanol–water partition coefficient (Wildman–Crippen LogP) is 1.19. The molecule has 0 spiro atoms. The smallest absolute Gasteiger partial charge is 0.241 e. The number of sulfone groups is 1. The van der Waals surface area contributed by atoms with Crippen LogP contribution < -0.4 is 10.5 Å². The van der Waals surface area contributed by atoms with Gasteiger partial charge in [-0.2, -0.15) is 0 Å². The molecule has 2 rings (SSSR count). The number of nitrogens with two attached hydrogens (primary N) is 1. The van der Waals surface area contributed by atoms with Gasteiger partial charge in [0, 0.05) is 12.3 Å². The molecular weight excluding hydrogens is 336 g/mol. The molecule has 1 saturated carbocycles.